The van der Waals surface area contributed by atoms with Gasteiger partial charge in [0.25, 0.3) is 0 Å². The lowest BCUT2D eigenvalue weighted by Gasteiger charge is -1.94. The highest BCUT2D eigenvalue weighted by molar-refractivity contribution is 4.89. The molecule has 2 nitrogen and oxygen atoms in total. The van der Waals surface area contributed by atoms with Crippen molar-refractivity contribution in [2.75, 3.05) is 0 Å². The predicted molar refractivity (Wildman–Crippen MR) is 29.0 cm³/mol. The summed E-state index contributed by atoms with van der Waals surface area (Å²) in [5, 5.41) is 17.2. The van der Waals surface area contributed by atoms with Crippen molar-refractivity contribution in [2.45, 2.75) is 25.4 Å². The molecule has 1 rings (SSSR count). The highest BCUT2D eigenvalue weighted by Crippen LogP contribution is 2.23. The smallest absolute Gasteiger partial charge is 0.0656 e. The molecule has 0 aromatic heterocycles. The molecule has 1 saturated carbocycles. The van der Waals surface area contributed by atoms with Crippen LogP contribution < -0.4 is 0 Å². The zero-order valence-electron chi connectivity index (χ0n) is 4.67. The minimum Gasteiger partial charge on any atom is -0.393 e. The Kier molecular flexibility index (Phi) is 1.50. The summed E-state index contributed by atoms with van der Waals surface area (Å²) in [6.07, 6.45) is 2.20. The minimum absolute atomic E-state index is 0.130. The Hall–Kier alpha value is -0.550. The number of aliphatic hydroxyl groups is 1. The summed E-state index contributed by atoms with van der Waals surface area (Å²) in [7, 11) is 0. The number of hydrogen-bond acceptors (Lipinski definition) is 2. The van der Waals surface area contributed by atoms with E-state index in [0.29, 0.717) is 6.42 Å². The van der Waals surface area contributed by atoms with Gasteiger partial charge >= 0.3 is 0 Å². The second kappa shape index (κ2) is 2.15. The minimum atomic E-state index is -0.195. The zero-order chi connectivity index (χ0) is 5.98. The van der Waals surface area contributed by atoms with Gasteiger partial charge < -0.3 is 5.11 Å². The quantitative estimate of drug-likeness (QED) is 0.499. The predicted octanol–water partition coefficient (Wildman–Crippen LogP) is 0.671. The van der Waals surface area contributed by atoms with Gasteiger partial charge in [-0.05, 0) is 19.3 Å². The van der Waals surface area contributed by atoms with Gasteiger partial charge in [-0.3, -0.25) is 0 Å². The van der Waals surface area contributed by atoms with Crippen LogP contribution in [0.4, 0.5) is 0 Å². The third kappa shape index (κ3) is 0.988. The van der Waals surface area contributed by atoms with Crippen LogP contribution in [0.15, 0.2) is 0 Å². The van der Waals surface area contributed by atoms with Crippen molar-refractivity contribution in [2.24, 2.45) is 5.92 Å². The first-order chi connectivity index (χ1) is 3.83. The molecule has 0 spiro atoms. The Bertz CT molecular complexity index is 116. The van der Waals surface area contributed by atoms with E-state index < -0.39 is 0 Å². The van der Waals surface area contributed by atoms with Crippen molar-refractivity contribution in [3.05, 3.63) is 0 Å². The van der Waals surface area contributed by atoms with Crippen LogP contribution in [0.2, 0.25) is 0 Å². The maximum atomic E-state index is 8.88. The van der Waals surface area contributed by atoms with Gasteiger partial charge in [-0.1, -0.05) is 0 Å². The van der Waals surface area contributed by atoms with Crippen LogP contribution in [0.25, 0.3) is 0 Å². The van der Waals surface area contributed by atoms with Crippen molar-refractivity contribution in [3.63, 3.8) is 0 Å². The molecule has 2 heteroatoms. The van der Waals surface area contributed by atoms with Crippen LogP contribution in [0, 0.1) is 17.2 Å². The zero-order valence-corrected chi connectivity index (χ0v) is 4.67. The summed E-state index contributed by atoms with van der Waals surface area (Å²) in [6.45, 7) is 0. The largest absolute Gasteiger partial charge is 0.393 e. The van der Waals surface area contributed by atoms with Crippen molar-refractivity contribution >= 4 is 0 Å². The molecule has 0 aromatic rings. The van der Waals surface area contributed by atoms with E-state index in [0.717, 1.165) is 12.8 Å². The molecular weight excluding hydrogens is 102 g/mol. The molecule has 1 N–H and O–H groups in total. The van der Waals surface area contributed by atoms with Crippen molar-refractivity contribution in [1.82, 2.24) is 0 Å². The molecule has 1 aliphatic rings. The number of nitriles is 1. The third-order valence-corrected chi connectivity index (χ3v) is 1.59. The maximum absolute atomic E-state index is 8.88. The Morgan fingerprint density at radius 1 is 1.50 bits per heavy atom. The lowest BCUT2D eigenvalue weighted by molar-refractivity contribution is 0.180. The van der Waals surface area contributed by atoms with E-state index >= 15 is 0 Å². The van der Waals surface area contributed by atoms with Crippen LogP contribution >= 0.6 is 0 Å². The van der Waals surface area contributed by atoms with E-state index in [1.807, 2.05) is 0 Å². The van der Waals surface area contributed by atoms with Gasteiger partial charge in [0.05, 0.1) is 12.2 Å². The molecule has 0 aromatic carbocycles. The van der Waals surface area contributed by atoms with E-state index in [9.17, 15) is 0 Å². The van der Waals surface area contributed by atoms with Crippen molar-refractivity contribution in [1.29, 1.82) is 5.26 Å². The molecular formula is C6H9NO. The maximum Gasteiger partial charge on any atom is 0.0656 e. The first kappa shape index (κ1) is 5.58. The summed E-state index contributed by atoms with van der Waals surface area (Å²) < 4.78 is 0. The second-order valence-electron chi connectivity index (χ2n) is 2.29. The molecule has 1 aliphatic carbocycles. The summed E-state index contributed by atoms with van der Waals surface area (Å²) >= 11 is 0. The third-order valence-electron chi connectivity index (χ3n) is 1.59. The Morgan fingerprint density at radius 3 is 2.50 bits per heavy atom. The molecule has 0 heterocycles. The topological polar surface area (TPSA) is 44.0 Å². The molecule has 0 saturated heterocycles. The second-order valence-corrected chi connectivity index (χ2v) is 2.29. The number of rotatable bonds is 0. The van der Waals surface area contributed by atoms with Gasteiger partial charge in [0.1, 0.15) is 0 Å². The number of hydrogen-bond donors (Lipinski definition) is 1. The molecule has 0 unspecified atom stereocenters. The van der Waals surface area contributed by atoms with Crippen LogP contribution in [0.3, 0.4) is 0 Å². The number of aliphatic hydroxyl groups excluding tert-OH is 1. The Morgan fingerprint density at radius 2 is 2.25 bits per heavy atom. The van der Waals surface area contributed by atoms with Gasteiger partial charge in [-0.15, -0.1) is 0 Å². The summed E-state index contributed by atoms with van der Waals surface area (Å²) in [5.74, 6) is 0.130. The molecule has 0 aliphatic heterocycles. The SMILES string of the molecule is N#C[C@@H]1CC[C@@H](O)C1. The van der Waals surface area contributed by atoms with E-state index in [-0.39, 0.29) is 12.0 Å². The molecule has 44 valence electrons. The van der Waals surface area contributed by atoms with Crippen molar-refractivity contribution < 1.29 is 5.11 Å². The Balaban J connectivity index is 2.35. The van der Waals surface area contributed by atoms with Gasteiger partial charge in [0.15, 0.2) is 0 Å². The number of nitrogens with zero attached hydrogens (tertiary/aromatic N) is 1. The van der Waals surface area contributed by atoms with Gasteiger partial charge in [-0.2, -0.15) is 5.26 Å². The summed E-state index contributed by atoms with van der Waals surface area (Å²) in [5.41, 5.74) is 0. The molecule has 0 radical (unpaired) electrons. The van der Waals surface area contributed by atoms with Crippen LogP contribution in [0.1, 0.15) is 19.3 Å². The van der Waals surface area contributed by atoms with E-state index in [2.05, 4.69) is 6.07 Å². The van der Waals surface area contributed by atoms with E-state index in [1.165, 1.54) is 0 Å². The lowest BCUT2D eigenvalue weighted by atomic mass is 10.1. The first-order valence-electron chi connectivity index (χ1n) is 2.90. The van der Waals surface area contributed by atoms with Crippen molar-refractivity contribution in [3.8, 4) is 6.07 Å². The van der Waals surface area contributed by atoms with E-state index in [1.54, 1.807) is 0 Å². The van der Waals surface area contributed by atoms with Crippen LogP contribution in [-0.2, 0) is 0 Å². The van der Waals surface area contributed by atoms with E-state index in [4.69, 9.17) is 10.4 Å². The summed E-state index contributed by atoms with van der Waals surface area (Å²) in [4.78, 5) is 0. The fourth-order valence-corrected chi connectivity index (χ4v) is 1.07. The van der Waals surface area contributed by atoms with Crippen LogP contribution in [-0.4, -0.2) is 11.2 Å². The normalized spacial score (nSPS) is 37.0. The first-order valence-corrected chi connectivity index (χ1v) is 2.90. The van der Waals surface area contributed by atoms with Crippen LogP contribution in [0.5, 0.6) is 0 Å². The average molecular weight is 111 g/mol. The van der Waals surface area contributed by atoms with Gasteiger partial charge in [-0.25, -0.2) is 0 Å². The molecule has 1 fully saturated rings. The molecule has 0 amide bonds. The monoisotopic (exact) mass is 111 g/mol. The summed E-state index contributed by atoms with van der Waals surface area (Å²) in [6, 6.07) is 2.13. The highest BCUT2D eigenvalue weighted by atomic mass is 16.3. The lowest BCUT2D eigenvalue weighted by Crippen LogP contribution is -1.97. The fourth-order valence-electron chi connectivity index (χ4n) is 1.07. The molecule has 0 bridgehead atoms. The average Bonchev–Trinajstić information content (AvgIpc) is 2.14. The van der Waals surface area contributed by atoms with Gasteiger partial charge in [0.2, 0.25) is 0 Å². The molecule has 2 atom stereocenters. The standard InChI is InChI=1S/C6H9NO/c7-4-5-1-2-6(8)3-5/h5-6,8H,1-3H2/t5-,6-/m1/s1. The molecule has 8 heavy (non-hydrogen) atoms. The fraction of sp³-hybridized carbons (Fsp3) is 0.833. The van der Waals surface area contributed by atoms with Gasteiger partial charge in [0, 0.05) is 5.92 Å². The highest BCUT2D eigenvalue weighted by Gasteiger charge is 2.21. The Labute approximate surface area is 48.7 Å².